The van der Waals surface area contributed by atoms with Crippen LogP contribution in [0.25, 0.3) is 5.82 Å². The predicted molar refractivity (Wildman–Crippen MR) is 119 cm³/mol. The zero-order valence-electron chi connectivity index (χ0n) is 19.0. The Bertz CT molecular complexity index is 1120. The maximum atomic E-state index is 12.7. The number of alkyl halides is 3. The zero-order chi connectivity index (χ0) is 24.4. The molecule has 3 aromatic heterocycles. The van der Waals surface area contributed by atoms with E-state index in [9.17, 15) is 18.0 Å². The first-order valence-corrected chi connectivity index (χ1v) is 11.0. The van der Waals surface area contributed by atoms with E-state index in [0.29, 0.717) is 35.7 Å². The molecule has 3 rings (SSSR count). The van der Waals surface area contributed by atoms with Gasteiger partial charge < -0.3 is 10.1 Å². The molecule has 0 bridgehead atoms. The van der Waals surface area contributed by atoms with Gasteiger partial charge >= 0.3 is 6.18 Å². The van der Waals surface area contributed by atoms with E-state index >= 15 is 0 Å². The first-order valence-electron chi connectivity index (χ1n) is 10.2. The maximum absolute atomic E-state index is 12.7. The molecule has 0 saturated carbocycles. The summed E-state index contributed by atoms with van der Waals surface area (Å²) in [5, 5.41) is 6.61. The van der Waals surface area contributed by atoms with E-state index in [4.69, 9.17) is 4.74 Å². The molecule has 0 saturated heterocycles. The number of pyridine rings is 1. The highest BCUT2D eigenvalue weighted by Crippen LogP contribution is 2.35. The maximum Gasteiger partial charge on any atom is 0.427 e. The summed E-state index contributed by atoms with van der Waals surface area (Å²) in [6.45, 7) is 10.8. The fraction of sp³-hybridized carbons (Fsp3) is 0.455. The van der Waals surface area contributed by atoms with Crippen LogP contribution in [0.2, 0.25) is 0 Å². The Hall–Kier alpha value is -2.79. The van der Waals surface area contributed by atoms with E-state index in [1.807, 2.05) is 26.0 Å². The molecule has 178 valence electrons. The van der Waals surface area contributed by atoms with Crippen molar-refractivity contribution in [1.29, 1.82) is 0 Å². The molecule has 3 aromatic rings. The summed E-state index contributed by atoms with van der Waals surface area (Å²) in [7, 11) is 0. The second kappa shape index (κ2) is 9.22. The predicted octanol–water partition coefficient (Wildman–Crippen LogP) is 5.27. The highest BCUT2D eigenvalue weighted by molar-refractivity contribution is 7.15. The summed E-state index contributed by atoms with van der Waals surface area (Å²) in [5.74, 6) is 0.0499. The second-order valence-electron chi connectivity index (χ2n) is 9.04. The summed E-state index contributed by atoms with van der Waals surface area (Å²) in [4.78, 5) is 19.5. The van der Waals surface area contributed by atoms with Crippen molar-refractivity contribution in [2.24, 2.45) is 5.41 Å². The molecular weight excluding hydrogens is 455 g/mol. The van der Waals surface area contributed by atoms with E-state index in [1.165, 1.54) is 4.68 Å². The molecule has 33 heavy (non-hydrogen) atoms. The van der Waals surface area contributed by atoms with Crippen molar-refractivity contribution < 1.29 is 22.7 Å². The minimum Gasteiger partial charge on any atom is -0.369 e. The van der Waals surface area contributed by atoms with Crippen LogP contribution in [0, 0.1) is 5.41 Å². The standard InChI is InChI=1S/C22H26F3N5O2S/c1-20(2,3)21(4,5)32-13-15-7-6-8-17(27-15)30-10-9-14(29-30)11-18(31)28-19-26-12-16(33-19)22(23,24)25/h6-10,12H,11,13H2,1-5H3,(H,26,28,31). The molecule has 0 aliphatic rings. The van der Waals surface area contributed by atoms with Crippen LogP contribution in [0.3, 0.4) is 0 Å². The summed E-state index contributed by atoms with van der Waals surface area (Å²) < 4.78 is 45.6. The number of rotatable bonds is 7. The number of aromatic nitrogens is 4. The van der Waals surface area contributed by atoms with Crippen molar-refractivity contribution in [1.82, 2.24) is 19.7 Å². The molecule has 0 aliphatic heterocycles. The summed E-state index contributed by atoms with van der Waals surface area (Å²) in [6.07, 6.45) is -2.25. The first-order chi connectivity index (χ1) is 15.2. The van der Waals surface area contributed by atoms with Crippen LogP contribution in [0.5, 0.6) is 0 Å². The lowest BCUT2D eigenvalue weighted by molar-refractivity contribution is -0.134. The molecule has 0 atom stereocenters. The van der Waals surface area contributed by atoms with Crippen LogP contribution in [-0.4, -0.2) is 31.3 Å². The number of hydrogen-bond donors (Lipinski definition) is 1. The number of nitrogens with one attached hydrogen (secondary N) is 1. The van der Waals surface area contributed by atoms with Gasteiger partial charge in [0.25, 0.3) is 0 Å². The minimum absolute atomic E-state index is 0.0466. The van der Waals surface area contributed by atoms with Crippen LogP contribution >= 0.6 is 11.3 Å². The van der Waals surface area contributed by atoms with E-state index < -0.39 is 17.0 Å². The number of thiazole rings is 1. The molecule has 0 fully saturated rings. The molecule has 7 nitrogen and oxygen atoms in total. The minimum atomic E-state index is -4.49. The van der Waals surface area contributed by atoms with Crippen LogP contribution < -0.4 is 5.32 Å². The Labute approximate surface area is 194 Å². The number of carbonyl (C=O) groups excluding carboxylic acids is 1. The van der Waals surface area contributed by atoms with E-state index in [2.05, 4.69) is 41.2 Å². The molecule has 0 spiro atoms. The molecule has 1 amide bonds. The summed E-state index contributed by atoms with van der Waals surface area (Å²) >= 11 is 0.374. The van der Waals surface area contributed by atoms with Gasteiger partial charge in [-0.25, -0.2) is 14.6 Å². The van der Waals surface area contributed by atoms with E-state index in [-0.39, 0.29) is 22.6 Å². The third-order valence-electron chi connectivity index (χ3n) is 5.43. The number of amides is 1. The van der Waals surface area contributed by atoms with Crippen LogP contribution in [-0.2, 0) is 28.7 Å². The number of hydrogen-bond acceptors (Lipinski definition) is 6. The largest absolute Gasteiger partial charge is 0.427 e. The monoisotopic (exact) mass is 481 g/mol. The second-order valence-corrected chi connectivity index (χ2v) is 10.1. The van der Waals surface area contributed by atoms with Crippen molar-refractivity contribution in [3.8, 4) is 5.82 Å². The molecule has 1 N–H and O–H groups in total. The molecule has 11 heteroatoms. The Morgan fingerprint density at radius 1 is 1.12 bits per heavy atom. The van der Waals surface area contributed by atoms with Crippen molar-refractivity contribution >= 4 is 22.4 Å². The average molecular weight is 482 g/mol. The number of halogens is 3. The van der Waals surface area contributed by atoms with Crippen LogP contribution in [0.4, 0.5) is 18.3 Å². The lowest BCUT2D eigenvalue weighted by Crippen LogP contribution is -2.39. The number of nitrogens with zero attached hydrogens (tertiary/aromatic N) is 4. The van der Waals surface area contributed by atoms with Gasteiger partial charge in [-0.3, -0.25) is 4.79 Å². The summed E-state index contributed by atoms with van der Waals surface area (Å²) in [5.41, 5.74) is 0.783. The number of ether oxygens (including phenoxy) is 1. The molecule has 3 heterocycles. The van der Waals surface area contributed by atoms with Gasteiger partial charge in [0, 0.05) is 6.20 Å². The fourth-order valence-corrected chi connectivity index (χ4v) is 3.22. The topological polar surface area (TPSA) is 81.9 Å². The Balaban J connectivity index is 1.62. The molecular formula is C22H26F3N5O2S. The van der Waals surface area contributed by atoms with Gasteiger partial charge in [-0.05, 0) is 37.5 Å². The first kappa shape index (κ1) is 24.8. The van der Waals surface area contributed by atoms with Gasteiger partial charge in [0.2, 0.25) is 5.91 Å². The summed E-state index contributed by atoms with van der Waals surface area (Å²) in [6, 6.07) is 7.14. The Morgan fingerprint density at radius 3 is 2.48 bits per heavy atom. The third-order valence-corrected chi connectivity index (χ3v) is 6.39. The molecule has 0 aromatic carbocycles. The van der Waals surface area contributed by atoms with Crippen LogP contribution in [0.1, 0.15) is 50.9 Å². The van der Waals surface area contributed by atoms with E-state index in [1.54, 1.807) is 18.3 Å². The normalized spacial score (nSPS) is 12.7. The zero-order valence-corrected chi connectivity index (χ0v) is 19.8. The average Bonchev–Trinajstić information content (AvgIpc) is 3.35. The number of anilines is 1. The lowest BCUT2D eigenvalue weighted by atomic mass is 9.79. The highest BCUT2D eigenvalue weighted by atomic mass is 32.1. The van der Waals surface area contributed by atoms with Gasteiger partial charge in [0.1, 0.15) is 4.88 Å². The SMILES string of the molecule is CC(C)(C)C(C)(C)OCc1cccc(-n2ccc(CC(=O)Nc3ncc(C(F)(F)F)s3)n2)n1. The van der Waals surface area contributed by atoms with Crippen molar-refractivity contribution in [3.05, 3.63) is 52.9 Å². The fourth-order valence-electron chi connectivity index (χ4n) is 2.52. The Morgan fingerprint density at radius 2 is 1.85 bits per heavy atom. The molecule has 0 radical (unpaired) electrons. The third kappa shape index (κ3) is 6.38. The molecule has 0 unspecified atom stereocenters. The van der Waals surface area contributed by atoms with Crippen molar-refractivity contribution in [3.63, 3.8) is 0 Å². The van der Waals surface area contributed by atoms with Crippen LogP contribution in [0.15, 0.2) is 36.7 Å². The van der Waals surface area contributed by atoms with Crippen molar-refractivity contribution in [2.45, 2.75) is 59.4 Å². The highest BCUT2D eigenvalue weighted by Gasteiger charge is 2.34. The van der Waals surface area contributed by atoms with Gasteiger partial charge in [0.05, 0.1) is 36.2 Å². The quantitative estimate of drug-likeness (QED) is 0.498. The number of carbonyl (C=O) groups is 1. The van der Waals surface area contributed by atoms with Gasteiger partial charge in [-0.1, -0.05) is 38.2 Å². The lowest BCUT2D eigenvalue weighted by Gasteiger charge is -2.38. The Kier molecular flexibility index (Phi) is 6.94. The van der Waals surface area contributed by atoms with Gasteiger partial charge in [-0.2, -0.15) is 18.3 Å². The molecule has 0 aliphatic carbocycles. The van der Waals surface area contributed by atoms with Gasteiger partial charge in [-0.15, -0.1) is 0 Å². The van der Waals surface area contributed by atoms with Gasteiger partial charge in [0.15, 0.2) is 10.9 Å². The van der Waals surface area contributed by atoms with Crippen molar-refractivity contribution in [2.75, 3.05) is 5.32 Å². The smallest absolute Gasteiger partial charge is 0.369 e. The van der Waals surface area contributed by atoms with E-state index in [0.717, 1.165) is 5.69 Å².